The third kappa shape index (κ3) is 3.16. The Morgan fingerprint density at radius 2 is 1.97 bits per heavy atom. The average Bonchev–Trinajstić information content (AvgIpc) is 3.11. The Bertz CT molecular complexity index is 1270. The summed E-state index contributed by atoms with van der Waals surface area (Å²) in [6.07, 6.45) is 0. The summed E-state index contributed by atoms with van der Waals surface area (Å²) in [6.45, 7) is 4.12. The number of H-pyrrole nitrogens is 2. The zero-order chi connectivity index (χ0) is 20.0. The maximum absolute atomic E-state index is 14.3. The highest BCUT2D eigenvalue weighted by molar-refractivity contribution is 5.98. The summed E-state index contributed by atoms with van der Waals surface area (Å²) in [5.41, 5.74) is 9.03. The number of nitrogens with two attached hydrogens (primary N) is 1. The zero-order valence-electron chi connectivity index (χ0n) is 15.7. The van der Waals surface area contributed by atoms with Gasteiger partial charge in [-0.05, 0) is 29.8 Å². The van der Waals surface area contributed by atoms with Crippen LogP contribution in [0.3, 0.4) is 0 Å². The van der Waals surface area contributed by atoms with Crippen molar-refractivity contribution < 1.29 is 9.13 Å². The molecule has 2 aromatic carbocycles. The third-order valence-electron chi connectivity index (χ3n) is 5.32. The first-order valence-electron chi connectivity index (χ1n) is 9.49. The smallest absolute Gasteiger partial charge is 0.261 e. The summed E-state index contributed by atoms with van der Waals surface area (Å²) in [4.78, 5) is 25.4. The van der Waals surface area contributed by atoms with Gasteiger partial charge in [-0.1, -0.05) is 12.1 Å². The predicted octanol–water partition coefficient (Wildman–Crippen LogP) is 2.62. The van der Waals surface area contributed by atoms with Gasteiger partial charge in [-0.2, -0.15) is 0 Å². The van der Waals surface area contributed by atoms with Crippen molar-refractivity contribution in [3.63, 3.8) is 0 Å². The number of hydrogen-bond acceptors (Lipinski definition) is 5. The molecule has 8 heteroatoms. The quantitative estimate of drug-likeness (QED) is 0.497. The van der Waals surface area contributed by atoms with E-state index in [1.165, 1.54) is 12.1 Å². The highest BCUT2D eigenvalue weighted by Crippen LogP contribution is 2.30. The standard InChI is InChI=1S/C21H20FN5O2/c22-13-2-1-3-15-17(13)19(23)18(21(28)26-15)20-24-14-5-4-12(10-16(14)25-20)11-27-6-8-29-9-7-27/h1-5,10H,6-9,11H2,(H,24,25)(H3,23,26,28). The molecule has 5 rings (SSSR count). The van der Waals surface area contributed by atoms with Crippen molar-refractivity contribution in [1.29, 1.82) is 0 Å². The molecule has 0 amide bonds. The average molecular weight is 393 g/mol. The highest BCUT2D eigenvalue weighted by Gasteiger charge is 2.18. The van der Waals surface area contributed by atoms with Crippen molar-refractivity contribution in [3.05, 3.63) is 58.1 Å². The SMILES string of the molecule is Nc1c(-c2nc3ccc(CN4CCOCC4)cc3[nH]2)c(=O)[nH]c2cccc(F)c12. The molecule has 4 N–H and O–H groups in total. The molecule has 4 aromatic rings. The van der Waals surface area contributed by atoms with Gasteiger partial charge in [0.2, 0.25) is 0 Å². The van der Waals surface area contributed by atoms with Crippen molar-refractivity contribution in [1.82, 2.24) is 19.9 Å². The Morgan fingerprint density at radius 1 is 1.14 bits per heavy atom. The summed E-state index contributed by atoms with van der Waals surface area (Å²) >= 11 is 0. The largest absolute Gasteiger partial charge is 0.397 e. The summed E-state index contributed by atoms with van der Waals surface area (Å²) in [7, 11) is 0. The Labute approximate surface area is 165 Å². The van der Waals surface area contributed by atoms with E-state index in [4.69, 9.17) is 10.5 Å². The number of pyridine rings is 1. The molecule has 0 atom stereocenters. The van der Waals surface area contributed by atoms with Crippen LogP contribution in [-0.4, -0.2) is 46.2 Å². The van der Waals surface area contributed by atoms with Crippen molar-refractivity contribution in [2.24, 2.45) is 0 Å². The number of fused-ring (bicyclic) bond motifs is 2. The third-order valence-corrected chi connectivity index (χ3v) is 5.32. The van der Waals surface area contributed by atoms with Crippen LogP contribution in [0.15, 0.2) is 41.2 Å². The number of anilines is 1. The molecule has 29 heavy (non-hydrogen) atoms. The Morgan fingerprint density at radius 3 is 2.79 bits per heavy atom. The van der Waals surface area contributed by atoms with Gasteiger partial charge in [0.15, 0.2) is 0 Å². The van der Waals surface area contributed by atoms with E-state index >= 15 is 0 Å². The molecule has 0 bridgehead atoms. The molecule has 7 nitrogen and oxygen atoms in total. The van der Waals surface area contributed by atoms with Crippen LogP contribution in [0.25, 0.3) is 33.3 Å². The number of aromatic nitrogens is 3. The first-order valence-corrected chi connectivity index (χ1v) is 9.49. The number of nitrogen functional groups attached to an aromatic ring is 1. The number of nitrogens with zero attached hydrogens (tertiary/aromatic N) is 2. The number of halogens is 1. The van der Waals surface area contributed by atoms with Crippen LogP contribution in [0.5, 0.6) is 0 Å². The molecular formula is C21H20FN5O2. The molecule has 0 radical (unpaired) electrons. The van der Waals surface area contributed by atoms with Gasteiger partial charge in [-0.25, -0.2) is 9.37 Å². The van der Waals surface area contributed by atoms with Crippen LogP contribution in [0, 0.1) is 5.82 Å². The second kappa shape index (κ2) is 6.98. The van der Waals surface area contributed by atoms with E-state index in [1.54, 1.807) is 6.07 Å². The van der Waals surface area contributed by atoms with E-state index in [1.807, 2.05) is 18.2 Å². The molecule has 0 unspecified atom stereocenters. The number of nitrogens with one attached hydrogen (secondary N) is 2. The molecule has 148 valence electrons. The topological polar surface area (TPSA) is 100 Å². The first kappa shape index (κ1) is 17.8. The number of rotatable bonds is 3. The van der Waals surface area contributed by atoms with Crippen LogP contribution in [0.4, 0.5) is 10.1 Å². The molecule has 1 saturated heterocycles. The lowest BCUT2D eigenvalue weighted by atomic mass is 10.1. The normalized spacial score (nSPS) is 15.3. The Balaban J connectivity index is 1.57. The minimum absolute atomic E-state index is 0.0782. The van der Waals surface area contributed by atoms with Gasteiger partial charge in [-0.3, -0.25) is 9.69 Å². The number of aromatic amines is 2. The highest BCUT2D eigenvalue weighted by atomic mass is 19.1. The van der Waals surface area contributed by atoms with Crippen LogP contribution in [0.1, 0.15) is 5.56 Å². The summed E-state index contributed by atoms with van der Waals surface area (Å²) < 4.78 is 19.7. The summed E-state index contributed by atoms with van der Waals surface area (Å²) in [5, 5.41) is 0.190. The van der Waals surface area contributed by atoms with Gasteiger partial charge >= 0.3 is 0 Å². The lowest BCUT2D eigenvalue weighted by Crippen LogP contribution is -2.35. The van der Waals surface area contributed by atoms with Crippen molar-refractivity contribution in [2.45, 2.75) is 6.54 Å². The van der Waals surface area contributed by atoms with Gasteiger partial charge in [0.1, 0.15) is 17.2 Å². The van der Waals surface area contributed by atoms with Gasteiger partial charge in [0.05, 0.1) is 40.8 Å². The molecule has 0 saturated carbocycles. The lowest BCUT2D eigenvalue weighted by molar-refractivity contribution is 0.0342. The summed E-state index contributed by atoms with van der Waals surface area (Å²) in [5.74, 6) is -0.158. The van der Waals surface area contributed by atoms with Crippen molar-refractivity contribution in [3.8, 4) is 11.4 Å². The number of morpholine rings is 1. The zero-order valence-corrected chi connectivity index (χ0v) is 15.7. The van der Waals surface area contributed by atoms with Gasteiger partial charge in [0.25, 0.3) is 5.56 Å². The summed E-state index contributed by atoms with van der Waals surface area (Å²) in [6, 6.07) is 10.4. The minimum Gasteiger partial charge on any atom is -0.397 e. The fourth-order valence-electron chi connectivity index (χ4n) is 3.86. The fourth-order valence-corrected chi connectivity index (χ4v) is 3.86. The van der Waals surface area contributed by atoms with Gasteiger partial charge < -0.3 is 20.4 Å². The molecule has 3 heterocycles. The van der Waals surface area contributed by atoms with E-state index < -0.39 is 11.4 Å². The van der Waals surface area contributed by atoms with E-state index in [-0.39, 0.29) is 16.6 Å². The predicted molar refractivity (Wildman–Crippen MR) is 110 cm³/mol. The molecule has 2 aromatic heterocycles. The minimum atomic E-state index is -0.485. The molecule has 1 aliphatic rings. The van der Waals surface area contributed by atoms with Crippen molar-refractivity contribution >= 4 is 27.6 Å². The molecule has 1 fully saturated rings. The van der Waals surface area contributed by atoms with E-state index in [9.17, 15) is 9.18 Å². The molecular weight excluding hydrogens is 373 g/mol. The van der Waals surface area contributed by atoms with Crippen molar-refractivity contribution in [2.75, 3.05) is 32.0 Å². The molecule has 1 aliphatic heterocycles. The van der Waals surface area contributed by atoms with E-state index in [0.717, 1.165) is 49.4 Å². The van der Waals surface area contributed by atoms with Gasteiger partial charge in [-0.15, -0.1) is 0 Å². The Hall–Kier alpha value is -3.23. The Kier molecular flexibility index (Phi) is 4.30. The van der Waals surface area contributed by atoms with Gasteiger partial charge in [0, 0.05) is 19.6 Å². The maximum atomic E-state index is 14.3. The van der Waals surface area contributed by atoms with Crippen LogP contribution in [0.2, 0.25) is 0 Å². The number of imidazole rings is 1. The van der Waals surface area contributed by atoms with Crippen LogP contribution in [-0.2, 0) is 11.3 Å². The molecule has 0 spiro atoms. The lowest BCUT2D eigenvalue weighted by Gasteiger charge is -2.26. The van der Waals surface area contributed by atoms with Crippen LogP contribution >= 0.6 is 0 Å². The maximum Gasteiger partial charge on any atom is 0.261 e. The fraction of sp³-hybridized carbons (Fsp3) is 0.238. The van der Waals surface area contributed by atoms with E-state index in [0.29, 0.717) is 11.3 Å². The van der Waals surface area contributed by atoms with Crippen LogP contribution < -0.4 is 11.3 Å². The monoisotopic (exact) mass is 393 g/mol. The molecule has 0 aliphatic carbocycles. The number of ether oxygens (including phenoxy) is 1. The first-order chi connectivity index (χ1) is 14.1. The van der Waals surface area contributed by atoms with E-state index in [2.05, 4.69) is 19.9 Å². The second-order valence-electron chi connectivity index (χ2n) is 7.23. The number of hydrogen-bond donors (Lipinski definition) is 3. The second-order valence-corrected chi connectivity index (χ2v) is 7.23. The number of benzene rings is 2.